The molecule has 0 unspecified atom stereocenters. The number of ether oxygens (including phenoxy) is 1. The number of aliphatic hydroxyl groups excluding tert-OH is 1. The molecule has 0 fully saturated rings. The summed E-state index contributed by atoms with van der Waals surface area (Å²) in [5.41, 5.74) is 0.642. The van der Waals surface area contributed by atoms with E-state index in [1.807, 2.05) is 0 Å². The van der Waals surface area contributed by atoms with Gasteiger partial charge in [-0.15, -0.1) is 0 Å². The summed E-state index contributed by atoms with van der Waals surface area (Å²) in [6.45, 7) is 0.972. The molecule has 15 heavy (non-hydrogen) atoms. The number of hydrogen-bond acceptors (Lipinski definition) is 3. The van der Waals surface area contributed by atoms with Crippen LogP contribution in [0.4, 0.5) is 0 Å². The van der Waals surface area contributed by atoms with Crippen LogP contribution in [0.2, 0.25) is 5.02 Å². The van der Waals surface area contributed by atoms with Gasteiger partial charge in [0.25, 0.3) is 0 Å². The minimum Gasteiger partial charge on any atom is -0.426 e. The van der Waals surface area contributed by atoms with Gasteiger partial charge >= 0.3 is 5.97 Å². The summed E-state index contributed by atoms with van der Waals surface area (Å²) >= 11 is 5.71. The summed E-state index contributed by atoms with van der Waals surface area (Å²) in [7, 11) is 0. The van der Waals surface area contributed by atoms with Gasteiger partial charge in [0.2, 0.25) is 0 Å². The quantitative estimate of drug-likeness (QED) is 0.633. The van der Waals surface area contributed by atoms with Crippen LogP contribution in [0.3, 0.4) is 0 Å². The highest BCUT2D eigenvalue weighted by atomic mass is 35.5. The average molecular weight is 226 g/mol. The Hall–Kier alpha value is -1.32. The molecule has 1 aromatic rings. The first-order valence-electron chi connectivity index (χ1n) is 4.29. The van der Waals surface area contributed by atoms with E-state index in [1.165, 1.54) is 6.92 Å². The van der Waals surface area contributed by atoms with Gasteiger partial charge < -0.3 is 9.84 Å². The maximum absolute atomic E-state index is 10.8. The number of hydrogen-bond donors (Lipinski definition) is 1. The summed E-state index contributed by atoms with van der Waals surface area (Å²) in [6, 6.07) is 6.70. The van der Waals surface area contributed by atoms with Crippen molar-refractivity contribution >= 4 is 23.3 Å². The molecule has 3 nitrogen and oxygen atoms in total. The van der Waals surface area contributed by atoms with E-state index in [1.54, 1.807) is 24.3 Å². The monoisotopic (exact) mass is 225 g/mol. The lowest BCUT2D eigenvalue weighted by Gasteiger charge is -2.06. The molecule has 0 aliphatic rings. The smallest absolute Gasteiger partial charge is 0.308 e. The van der Waals surface area contributed by atoms with E-state index in [-0.39, 0.29) is 12.4 Å². The Labute approximate surface area is 92.9 Å². The van der Waals surface area contributed by atoms with Crippen LogP contribution in [0.25, 0.3) is 5.76 Å². The predicted octanol–water partition coefficient (Wildman–Crippen LogP) is 2.04. The molecule has 0 spiro atoms. The van der Waals surface area contributed by atoms with Crippen LogP contribution in [0.1, 0.15) is 12.5 Å². The van der Waals surface area contributed by atoms with Gasteiger partial charge in [-0.25, -0.2) is 0 Å². The fourth-order valence-corrected chi connectivity index (χ4v) is 1.14. The van der Waals surface area contributed by atoms with Crippen molar-refractivity contribution in [3.8, 4) is 0 Å². The first-order chi connectivity index (χ1) is 7.13. The maximum atomic E-state index is 10.8. The molecular weight excluding hydrogens is 216 g/mol. The standard InChI is InChI=1S/C11H10ClO3/c1-8(14)15-11(6-7-13)9-2-4-10(12)5-3-9/h2-5,13H,7H2,1H3. The molecule has 0 heterocycles. The first kappa shape index (κ1) is 11.8. The lowest BCUT2D eigenvalue weighted by molar-refractivity contribution is -0.134. The van der Waals surface area contributed by atoms with Crippen molar-refractivity contribution in [2.45, 2.75) is 6.92 Å². The maximum Gasteiger partial charge on any atom is 0.308 e. The van der Waals surface area contributed by atoms with Gasteiger partial charge in [0, 0.05) is 23.6 Å². The molecule has 1 N–H and O–H groups in total. The number of halogens is 1. The van der Waals surface area contributed by atoms with Crippen molar-refractivity contribution in [2.24, 2.45) is 0 Å². The molecule has 1 aromatic carbocycles. The zero-order valence-electron chi connectivity index (χ0n) is 8.16. The van der Waals surface area contributed by atoms with E-state index in [0.717, 1.165) is 0 Å². The molecule has 0 amide bonds. The number of rotatable bonds is 3. The molecule has 1 rings (SSSR count). The van der Waals surface area contributed by atoms with Gasteiger partial charge in [-0.3, -0.25) is 4.79 Å². The van der Waals surface area contributed by atoms with Crippen molar-refractivity contribution < 1.29 is 14.6 Å². The van der Waals surface area contributed by atoms with Crippen molar-refractivity contribution in [3.05, 3.63) is 40.9 Å². The second-order valence-electron chi connectivity index (χ2n) is 2.76. The molecule has 0 aliphatic carbocycles. The van der Waals surface area contributed by atoms with Crippen LogP contribution in [0.5, 0.6) is 0 Å². The van der Waals surface area contributed by atoms with E-state index in [4.69, 9.17) is 21.4 Å². The summed E-state index contributed by atoms with van der Waals surface area (Å²) in [6.07, 6.45) is 2.54. The van der Waals surface area contributed by atoms with Crippen molar-refractivity contribution in [3.63, 3.8) is 0 Å². The van der Waals surface area contributed by atoms with Crippen LogP contribution < -0.4 is 0 Å². The summed E-state index contributed by atoms with van der Waals surface area (Å²) in [4.78, 5) is 10.8. The van der Waals surface area contributed by atoms with E-state index < -0.39 is 5.97 Å². The third kappa shape index (κ3) is 3.73. The molecule has 0 saturated heterocycles. The number of carbonyl (C=O) groups is 1. The zero-order chi connectivity index (χ0) is 11.3. The largest absolute Gasteiger partial charge is 0.426 e. The normalized spacial score (nSPS) is 11.3. The van der Waals surface area contributed by atoms with Crippen molar-refractivity contribution in [1.29, 1.82) is 0 Å². The van der Waals surface area contributed by atoms with E-state index in [0.29, 0.717) is 10.6 Å². The molecular formula is C11H10ClO3. The average Bonchev–Trinajstić information content (AvgIpc) is 2.17. The van der Waals surface area contributed by atoms with Crippen LogP contribution >= 0.6 is 11.6 Å². The van der Waals surface area contributed by atoms with Gasteiger partial charge in [0.05, 0.1) is 6.61 Å². The molecule has 79 valence electrons. The van der Waals surface area contributed by atoms with E-state index >= 15 is 0 Å². The van der Waals surface area contributed by atoms with E-state index in [2.05, 4.69) is 6.08 Å². The van der Waals surface area contributed by atoms with Gasteiger partial charge in [0.1, 0.15) is 5.76 Å². The minimum atomic E-state index is -0.457. The molecule has 1 radical (unpaired) electrons. The highest BCUT2D eigenvalue weighted by Gasteiger charge is 2.05. The van der Waals surface area contributed by atoms with Gasteiger partial charge in [0.15, 0.2) is 0 Å². The second-order valence-corrected chi connectivity index (χ2v) is 3.20. The van der Waals surface area contributed by atoms with Crippen LogP contribution in [0.15, 0.2) is 24.3 Å². The third-order valence-electron chi connectivity index (χ3n) is 1.59. The Kier molecular flexibility index (Phi) is 4.34. The first-order valence-corrected chi connectivity index (χ1v) is 4.67. The molecule has 0 saturated carbocycles. The van der Waals surface area contributed by atoms with Crippen LogP contribution in [-0.2, 0) is 9.53 Å². The number of benzene rings is 1. The summed E-state index contributed by atoms with van der Waals surface area (Å²) in [5.74, 6) is -0.248. The molecule has 4 heteroatoms. The van der Waals surface area contributed by atoms with E-state index in [9.17, 15) is 4.79 Å². The predicted molar refractivity (Wildman–Crippen MR) is 57.0 cm³/mol. The Bertz CT molecular complexity index is 368. The number of carbonyl (C=O) groups excluding carboxylic acids is 1. The zero-order valence-corrected chi connectivity index (χ0v) is 8.91. The van der Waals surface area contributed by atoms with Crippen molar-refractivity contribution in [2.75, 3.05) is 6.61 Å². The summed E-state index contributed by atoms with van der Waals surface area (Å²) < 4.78 is 4.88. The molecule has 0 aliphatic heterocycles. The lowest BCUT2D eigenvalue weighted by Crippen LogP contribution is -1.99. The summed E-state index contributed by atoms with van der Waals surface area (Å²) in [5, 5.41) is 9.30. The Morgan fingerprint density at radius 3 is 2.53 bits per heavy atom. The van der Waals surface area contributed by atoms with Gasteiger partial charge in [-0.2, -0.15) is 0 Å². The Balaban J connectivity index is 2.94. The van der Waals surface area contributed by atoms with Crippen molar-refractivity contribution in [1.82, 2.24) is 0 Å². The molecule has 0 atom stereocenters. The van der Waals surface area contributed by atoms with Crippen LogP contribution in [0, 0.1) is 6.08 Å². The Morgan fingerprint density at radius 2 is 2.07 bits per heavy atom. The highest BCUT2D eigenvalue weighted by molar-refractivity contribution is 6.30. The van der Waals surface area contributed by atoms with Gasteiger partial charge in [-0.1, -0.05) is 11.6 Å². The number of esters is 1. The second kappa shape index (κ2) is 5.53. The lowest BCUT2D eigenvalue weighted by atomic mass is 10.2. The third-order valence-corrected chi connectivity index (χ3v) is 1.84. The van der Waals surface area contributed by atoms with Crippen LogP contribution in [-0.4, -0.2) is 17.7 Å². The Morgan fingerprint density at radius 1 is 1.47 bits per heavy atom. The number of aliphatic hydroxyl groups is 1. The SMILES string of the molecule is CC(=O)OC(=[C]CO)c1ccc(Cl)cc1. The van der Waals surface area contributed by atoms with Gasteiger partial charge in [-0.05, 0) is 24.3 Å². The highest BCUT2D eigenvalue weighted by Crippen LogP contribution is 2.18. The minimum absolute atomic E-state index is 0.210. The topological polar surface area (TPSA) is 46.5 Å². The molecule has 0 aromatic heterocycles. The fraction of sp³-hybridized carbons (Fsp3) is 0.182. The fourth-order valence-electron chi connectivity index (χ4n) is 1.01. The molecule has 0 bridgehead atoms.